The minimum Gasteiger partial charge on any atom is -0.507 e. The van der Waals surface area contributed by atoms with Crippen LogP contribution in [-0.4, -0.2) is 30.3 Å². The Balaban J connectivity index is 2.67. The SMILES string of the molecule is Cc1cc(C2(C(F)(F)F)[NH2+]CCNC2=O)cc(C)c1O. The summed E-state index contributed by atoms with van der Waals surface area (Å²) in [5, 5.41) is 13.0. The van der Waals surface area contributed by atoms with E-state index in [4.69, 9.17) is 0 Å². The predicted molar refractivity (Wildman–Crippen MR) is 65.1 cm³/mol. The van der Waals surface area contributed by atoms with Crippen LogP contribution < -0.4 is 10.6 Å². The first-order valence-electron chi connectivity index (χ1n) is 6.20. The van der Waals surface area contributed by atoms with Crippen LogP contribution in [0, 0.1) is 13.8 Å². The summed E-state index contributed by atoms with van der Waals surface area (Å²) in [6.07, 6.45) is -4.73. The molecule has 1 aromatic rings. The molecule has 4 nitrogen and oxygen atoms in total. The van der Waals surface area contributed by atoms with Crippen molar-refractivity contribution in [3.05, 3.63) is 28.8 Å². The number of carbonyl (C=O) groups excluding carboxylic acids is 1. The molecule has 0 radical (unpaired) electrons. The van der Waals surface area contributed by atoms with Crippen LogP contribution in [0.5, 0.6) is 5.75 Å². The van der Waals surface area contributed by atoms with E-state index in [2.05, 4.69) is 5.32 Å². The number of amides is 1. The van der Waals surface area contributed by atoms with E-state index in [-0.39, 0.29) is 24.4 Å². The lowest BCUT2D eigenvalue weighted by atomic mass is 9.84. The molecule has 7 heteroatoms. The number of halogens is 3. The van der Waals surface area contributed by atoms with E-state index in [0.29, 0.717) is 11.1 Å². The molecule has 1 saturated heterocycles. The minimum atomic E-state index is -4.73. The van der Waals surface area contributed by atoms with Gasteiger partial charge in [0.25, 0.3) is 11.4 Å². The molecule has 1 aliphatic heterocycles. The molecule has 4 N–H and O–H groups in total. The topological polar surface area (TPSA) is 65.9 Å². The highest BCUT2D eigenvalue weighted by atomic mass is 19.4. The number of carbonyl (C=O) groups is 1. The third-order valence-corrected chi connectivity index (χ3v) is 3.63. The largest absolute Gasteiger partial charge is 0.507 e. The molecule has 0 aliphatic carbocycles. The quantitative estimate of drug-likeness (QED) is 0.703. The fraction of sp³-hybridized carbons (Fsp3) is 0.462. The maximum atomic E-state index is 13.5. The number of nitrogens with two attached hydrogens (primary N) is 1. The highest BCUT2D eigenvalue weighted by Gasteiger charge is 2.66. The Kier molecular flexibility index (Phi) is 3.41. The summed E-state index contributed by atoms with van der Waals surface area (Å²) >= 11 is 0. The average Bonchev–Trinajstić information content (AvgIpc) is 2.34. The molecule has 1 atom stereocenters. The van der Waals surface area contributed by atoms with Crippen molar-refractivity contribution in [2.45, 2.75) is 25.6 Å². The van der Waals surface area contributed by atoms with E-state index in [0.717, 1.165) is 5.32 Å². The Morgan fingerprint density at radius 2 is 1.85 bits per heavy atom. The Labute approximate surface area is 114 Å². The van der Waals surface area contributed by atoms with Crippen molar-refractivity contribution in [1.29, 1.82) is 0 Å². The fourth-order valence-corrected chi connectivity index (χ4v) is 2.55. The van der Waals surface area contributed by atoms with E-state index in [1.807, 2.05) is 0 Å². The first-order valence-corrected chi connectivity index (χ1v) is 6.20. The number of phenolic OH excluding ortho intramolecular Hbond substituents is 1. The van der Waals surface area contributed by atoms with Gasteiger partial charge in [0, 0.05) is 5.56 Å². The van der Waals surface area contributed by atoms with Crippen molar-refractivity contribution < 1.29 is 28.4 Å². The molecule has 1 heterocycles. The highest BCUT2D eigenvalue weighted by Crippen LogP contribution is 2.39. The zero-order valence-corrected chi connectivity index (χ0v) is 11.1. The van der Waals surface area contributed by atoms with Crippen LogP contribution in [-0.2, 0) is 10.3 Å². The van der Waals surface area contributed by atoms with Gasteiger partial charge in [-0.25, -0.2) is 0 Å². The predicted octanol–water partition coefficient (Wildman–Crippen LogP) is 0.460. The summed E-state index contributed by atoms with van der Waals surface area (Å²) in [6.45, 7) is 3.37. The van der Waals surface area contributed by atoms with Gasteiger partial charge in [-0.3, -0.25) is 4.79 Å². The van der Waals surface area contributed by atoms with Gasteiger partial charge in [0.2, 0.25) is 0 Å². The second-order valence-corrected chi connectivity index (χ2v) is 5.01. The molecule has 0 aromatic heterocycles. The third-order valence-electron chi connectivity index (χ3n) is 3.63. The number of hydrogen-bond acceptors (Lipinski definition) is 2. The number of rotatable bonds is 1. The molecule has 0 saturated carbocycles. The van der Waals surface area contributed by atoms with Gasteiger partial charge in [-0.05, 0) is 37.1 Å². The third kappa shape index (κ3) is 2.02. The van der Waals surface area contributed by atoms with Crippen molar-refractivity contribution in [3.63, 3.8) is 0 Å². The number of aromatic hydroxyl groups is 1. The summed E-state index contributed by atoms with van der Waals surface area (Å²) in [5.41, 5.74) is -2.17. The first kappa shape index (κ1) is 14.6. The molecule has 1 aliphatic rings. The molecular formula is C13H16F3N2O2+. The monoisotopic (exact) mass is 289 g/mol. The standard InChI is InChI=1S/C13H15F3N2O2/c1-7-5-9(6-8(2)10(7)19)12(13(14,15)16)11(20)17-3-4-18-12/h5-6,18-19H,3-4H2,1-2H3,(H,17,20)/p+1. The molecular weight excluding hydrogens is 273 g/mol. The van der Waals surface area contributed by atoms with Gasteiger partial charge in [-0.15, -0.1) is 0 Å². The van der Waals surface area contributed by atoms with E-state index < -0.39 is 17.6 Å². The molecule has 0 spiro atoms. The van der Waals surface area contributed by atoms with Crippen molar-refractivity contribution in [2.24, 2.45) is 0 Å². The van der Waals surface area contributed by atoms with E-state index in [9.17, 15) is 23.1 Å². The molecule has 0 bridgehead atoms. The Morgan fingerprint density at radius 1 is 1.30 bits per heavy atom. The normalized spacial score (nSPS) is 23.6. The number of benzene rings is 1. The molecule has 1 amide bonds. The van der Waals surface area contributed by atoms with Crippen LogP contribution in [0.3, 0.4) is 0 Å². The average molecular weight is 289 g/mol. The van der Waals surface area contributed by atoms with Gasteiger partial charge in [0.05, 0.1) is 13.1 Å². The number of hydrogen-bond donors (Lipinski definition) is 3. The van der Waals surface area contributed by atoms with E-state index in [1.165, 1.54) is 26.0 Å². The lowest BCUT2D eigenvalue weighted by molar-refractivity contribution is -0.750. The molecule has 110 valence electrons. The van der Waals surface area contributed by atoms with Gasteiger partial charge < -0.3 is 15.7 Å². The number of aryl methyl sites for hydroxylation is 2. The second-order valence-electron chi connectivity index (χ2n) is 5.01. The van der Waals surface area contributed by atoms with Gasteiger partial charge >= 0.3 is 6.18 Å². The molecule has 20 heavy (non-hydrogen) atoms. The zero-order chi connectivity index (χ0) is 15.1. The maximum Gasteiger partial charge on any atom is 0.458 e. The lowest BCUT2D eigenvalue weighted by Gasteiger charge is -2.35. The molecule has 1 aromatic carbocycles. The van der Waals surface area contributed by atoms with Gasteiger partial charge in [0.15, 0.2) is 0 Å². The van der Waals surface area contributed by atoms with Crippen molar-refractivity contribution in [3.8, 4) is 5.75 Å². The Hall–Kier alpha value is -1.76. The summed E-state index contributed by atoms with van der Waals surface area (Å²) in [5.74, 6) is -1.12. The number of alkyl halides is 3. The van der Waals surface area contributed by atoms with Crippen molar-refractivity contribution in [1.82, 2.24) is 5.32 Å². The smallest absolute Gasteiger partial charge is 0.458 e. The number of piperazine rings is 1. The summed E-state index contributed by atoms with van der Waals surface area (Å²) in [6, 6.07) is 2.44. The maximum absolute atomic E-state index is 13.5. The van der Waals surface area contributed by atoms with Gasteiger partial charge in [-0.1, -0.05) is 0 Å². The first-order chi connectivity index (χ1) is 9.20. The molecule has 2 rings (SSSR count). The van der Waals surface area contributed by atoms with Crippen LogP contribution in [0.2, 0.25) is 0 Å². The van der Waals surface area contributed by atoms with Gasteiger partial charge in [-0.2, -0.15) is 13.2 Å². The summed E-state index contributed by atoms with van der Waals surface area (Å²) in [4.78, 5) is 11.9. The van der Waals surface area contributed by atoms with Crippen LogP contribution in [0.25, 0.3) is 0 Å². The van der Waals surface area contributed by atoms with Crippen LogP contribution in [0.4, 0.5) is 13.2 Å². The van der Waals surface area contributed by atoms with Crippen LogP contribution in [0.1, 0.15) is 16.7 Å². The molecule has 1 unspecified atom stereocenters. The van der Waals surface area contributed by atoms with E-state index in [1.54, 1.807) is 0 Å². The van der Waals surface area contributed by atoms with E-state index >= 15 is 0 Å². The van der Waals surface area contributed by atoms with Crippen LogP contribution >= 0.6 is 0 Å². The Bertz CT molecular complexity index is 534. The second kappa shape index (κ2) is 4.66. The highest BCUT2D eigenvalue weighted by molar-refractivity contribution is 5.87. The minimum absolute atomic E-state index is 0.0534. The van der Waals surface area contributed by atoms with Gasteiger partial charge in [0.1, 0.15) is 5.75 Å². The van der Waals surface area contributed by atoms with Crippen LogP contribution in [0.15, 0.2) is 12.1 Å². The van der Waals surface area contributed by atoms with Crippen molar-refractivity contribution >= 4 is 5.91 Å². The zero-order valence-electron chi connectivity index (χ0n) is 11.1. The molecule has 1 fully saturated rings. The number of phenols is 1. The number of nitrogens with one attached hydrogen (secondary N) is 1. The summed E-state index contributed by atoms with van der Waals surface area (Å²) in [7, 11) is 0. The number of quaternary nitrogens is 1. The fourth-order valence-electron chi connectivity index (χ4n) is 2.55. The Morgan fingerprint density at radius 3 is 2.30 bits per heavy atom. The summed E-state index contributed by atoms with van der Waals surface area (Å²) < 4.78 is 40.6. The lowest BCUT2D eigenvalue weighted by Crippen LogP contribution is -3.04. The van der Waals surface area contributed by atoms with Crippen molar-refractivity contribution in [2.75, 3.05) is 13.1 Å².